The predicted octanol–water partition coefficient (Wildman–Crippen LogP) is 2.54. The summed E-state index contributed by atoms with van der Waals surface area (Å²) in [5.74, 6) is 1.58. The molecule has 0 aliphatic heterocycles. The number of hydrogen-bond donors (Lipinski definition) is 0. The first-order chi connectivity index (χ1) is 8.61. The van der Waals surface area contributed by atoms with Crippen LogP contribution in [0, 0.1) is 0 Å². The summed E-state index contributed by atoms with van der Waals surface area (Å²) < 4.78 is 3.11. The van der Waals surface area contributed by atoms with Gasteiger partial charge in [-0.1, -0.05) is 0 Å². The van der Waals surface area contributed by atoms with E-state index in [1.54, 1.807) is 6.20 Å². The van der Waals surface area contributed by atoms with Crippen LogP contribution in [0.5, 0.6) is 0 Å². The van der Waals surface area contributed by atoms with Crippen molar-refractivity contribution in [3.63, 3.8) is 0 Å². The zero-order chi connectivity index (χ0) is 13.1. The molecule has 0 bridgehead atoms. The summed E-state index contributed by atoms with van der Waals surface area (Å²) in [6, 6.07) is 1.99. The molecule has 0 aliphatic carbocycles. The lowest BCUT2D eigenvalue weighted by atomic mass is 10.4. The standard InChI is InChI=1S/C12H16BrClN4/c1-17(2)5-6-18-11(3-4-14)16-10-7-9(13)8-15-12(10)18/h7-8H,3-6H2,1-2H3. The van der Waals surface area contributed by atoms with Gasteiger partial charge in [-0.25, -0.2) is 9.97 Å². The fraction of sp³-hybridized carbons (Fsp3) is 0.500. The van der Waals surface area contributed by atoms with Gasteiger partial charge in [0.05, 0.1) is 0 Å². The van der Waals surface area contributed by atoms with Crippen LogP contribution in [0.1, 0.15) is 5.82 Å². The summed E-state index contributed by atoms with van der Waals surface area (Å²) in [4.78, 5) is 11.2. The van der Waals surface area contributed by atoms with Crippen LogP contribution in [-0.4, -0.2) is 46.0 Å². The fourth-order valence-corrected chi connectivity index (χ4v) is 2.33. The van der Waals surface area contributed by atoms with Gasteiger partial charge in [-0.2, -0.15) is 0 Å². The summed E-state index contributed by atoms with van der Waals surface area (Å²) in [5.41, 5.74) is 1.85. The Morgan fingerprint density at radius 1 is 1.44 bits per heavy atom. The van der Waals surface area contributed by atoms with Gasteiger partial charge in [-0.05, 0) is 36.1 Å². The Kier molecular flexibility index (Phi) is 4.59. The molecule has 2 aromatic heterocycles. The lowest BCUT2D eigenvalue weighted by molar-refractivity contribution is 0.383. The van der Waals surface area contributed by atoms with Crippen LogP contribution in [0.2, 0.25) is 0 Å². The number of rotatable bonds is 5. The number of fused-ring (bicyclic) bond motifs is 1. The number of alkyl halides is 1. The van der Waals surface area contributed by atoms with Gasteiger partial charge in [-0.15, -0.1) is 11.6 Å². The third-order valence-electron chi connectivity index (χ3n) is 2.72. The normalized spacial score (nSPS) is 11.6. The SMILES string of the molecule is CN(C)CCn1c(CCCl)nc2cc(Br)cnc21. The van der Waals surface area contributed by atoms with Gasteiger partial charge in [0.25, 0.3) is 0 Å². The van der Waals surface area contributed by atoms with E-state index in [2.05, 4.69) is 49.5 Å². The number of aromatic nitrogens is 3. The highest BCUT2D eigenvalue weighted by molar-refractivity contribution is 9.10. The molecule has 98 valence electrons. The number of hydrogen-bond acceptors (Lipinski definition) is 3. The van der Waals surface area contributed by atoms with E-state index in [0.29, 0.717) is 5.88 Å². The maximum Gasteiger partial charge on any atom is 0.160 e. The molecular weight excluding hydrogens is 316 g/mol. The van der Waals surface area contributed by atoms with E-state index in [-0.39, 0.29) is 0 Å². The molecule has 4 nitrogen and oxygen atoms in total. The molecule has 0 saturated heterocycles. The van der Waals surface area contributed by atoms with E-state index < -0.39 is 0 Å². The van der Waals surface area contributed by atoms with Gasteiger partial charge in [0.2, 0.25) is 0 Å². The number of likely N-dealkylation sites (N-methyl/N-ethyl adjacent to an activating group) is 1. The van der Waals surface area contributed by atoms with Crippen LogP contribution in [0.15, 0.2) is 16.7 Å². The van der Waals surface area contributed by atoms with E-state index in [1.807, 2.05) is 6.07 Å². The first-order valence-electron chi connectivity index (χ1n) is 5.83. The molecular formula is C12H16BrClN4. The fourth-order valence-electron chi connectivity index (χ4n) is 1.84. The number of halogens is 2. The number of imidazole rings is 1. The maximum atomic E-state index is 5.84. The molecule has 0 saturated carbocycles. The highest BCUT2D eigenvalue weighted by Crippen LogP contribution is 2.19. The molecule has 0 unspecified atom stereocenters. The molecule has 0 spiro atoms. The zero-order valence-electron chi connectivity index (χ0n) is 10.5. The van der Waals surface area contributed by atoms with Gasteiger partial charge in [0, 0.05) is 36.1 Å². The van der Waals surface area contributed by atoms with Crippen molar-refractivity contribution in [2.75, 3.05) is 26.5 Å². The van der Waals surface area contributed by atoms with E-state index in [4.69, 9.17) is 11.6 Å². The lowest BCUT2D eigenvalue weighted by Crippen LogP contribution is -2.20. The molecule has 6 heteroatoms. The average Bonchev–Trinajstić information content (AvgIpc) is 2.63. The van der Waals surface area contributed by atoms with Crippen molar-refractivity contribution >= 4 is 38.7 Å². The molecule has 0 amide bonds. The van der Waals surface area contributed by atoms with Gasteiger partial charge in [0.1, 0.15) is 11.3 Å². The van der Waals surface area contributed by atoms with E-state index >= 15 is 0 Å². The smallest absolute Gasteiger partial charge is 0.160 e. The zero-order valence-corrected chi connectivity index (χ0v) is 12.9. The Labute approximate surface area is 120 Å². The van der Waals surface area contributed by atoms with Crippen molar-refractivity contribution in [1.82, 2.24) is 19.4 Å². The molecule has 0 atom stereocenters. The molecule has 2 aromatic rings. The lowest BCUT2D eigenvalue weighted by Gasteiger charge is -2.12. The molecule has 0 radical (unpaired) electrons. The molecule has 0 aromatic carbocycles. The Balaban J connectivity index is 2.41. The molecule has 18 heavy (non-hydrogen) atoms. The van der Waals surface area contributed by atoms with E-state index in [9.17, 15) is 0 Å². The largest absolute Gasteiger partial charge is 0.311 e. The number of pyridine rings is 1. The second-order valence-corrected chi connectivity index (χ2v) is 5.71. The molecule has 0 aliphatic rings. The van der Waals surface area contributed by atoms with Crippen molar-refractivity contribution in [2.24, 2.45) is 0 Å². The van der Waals surface area contributed by atoms with Crippen LogP contribution < -0.4 is 0 Å². The minimum Gasteiger partial charge on any atom is -0.311 e. The Bertz CT molecular complexity index is 538. The van der Waals surface area contributed by atoms with Crippen LogP contribution in [0.4, 0.5) is 0 Å². The molecule has 0 fully saturated rings. The monoisotopic (exact) mass is 330 g/mol. The second-order valence-electron chi connectivity index (χ2n) is 4.42. The maximum absolute atomic E-state index is 5.84. The Hall–Kier alpha value is -0.650. The van der Waals surface area contributed by atoms with Crippen LogP contribution >= 0.6 is 27.5 Å². The third kappa shape index (κ3) is 3.02. The average molecular weight is 332 g/mol. The first kappa shape index (κ1) is 13.8. The van der Waals surface area contributed by atoms with Crippen molar-refractivity contribution < 1.29 is 0 Å². The Morgan fingerprint density at radius 2 is 2.22 bits per heavy atom. The summed E-state index contributed by atoms with van der Waals surface area (Å²) in [7, 11) is 4.12. The summed E-state index contributed by atoms with van der Waals surface area (Å²) in [6.07, 6.45) is 2.57. The summed E-state index contributed by atoms with van der Waals surface area (Å²) >= 11 is 9.26. The van der Waals surface area contributed by atoms with Crippen LogP contribution in [0.3, 0.4) is 0 Å². The van der Waals surface area contributed by atoms with E-state index in [1.165, 1.54) is 0 Å². The van der Waals surface area contributed by atoms with Crippen molar-refractivity contribution in [3.05, 3.63) is 22.6 Å². The van der Waals surface area contributed by atoms with Crippen molar-refractivity contribution in [1.29, 1.82) is 0 Å². The molecule has 2 heterocycles. The third-order valence-corrected chi connectivity index (χ3v) is 3.34. The van der Waals surface area contributed by atoms with Gasteiger partial charge in [0.15, 0.2) is 5.65 Å². The quantitative estimate of drug-likeness (QED) is 0.790. The predicted molar refractivity (Wildman–Crippen MR) is 78.2 cm³/mol. The minimum absolute atomic E-state index is 0.576. The van der Waals surface area contributed by atoms with Crippen molar-refractivity contribution in [3.8, 4) is 0 Å². The first-order valence-corrected chi connectivity index (χ1v) is 7.16. The van der Waals surface area contributed by atoms with Gasteiger partial charge in [-0.3, -0.25) is 0 Å². The molecule has 2 rings (SSSR count). The van der Waals surface area contributed by atoms with E-state index in [0.717, 1.165) is 41.0 Å². The number of nitrogens with zero attached hydrogens (tertiary/aromatic N) is 4. The van der Waals surface area contributed by atoms with Crippen molar-refractivity contribution in [2.45, 2.75) is 13.0 Å². The minimum atomic E-state index is 0.576. The van der Waals surface area contributed by atoms with Gasteiger partial charge < -0.3 is 9.47 Å². The topological polar surface area (TPSA) is 34.0 Å². The summed E-state index contributed by atoms with van der Waals surface area (Å²) in [5, 5.41) is 0. The number of aryl methyl sites for hydroxylation is 1. The highest BCUT2D eigenvalue weighted by Gasteiger charge is 2.11. The van der Waals surface area contributed by atoms with Crippen LogP contribution in [0.25, 0.3) is 11.2 Å². The highest BCUT2D eigenvalue weighted by atomic mass is 79.9. The Morgan fingerprint density at radius 3 is 2.89 bits per heavy atom. The second kappa shape index (κ2) is 5.99. The summed E-state index contributed by atoms with van der Waals surface area (Å²) in [6.45, 7) is 1.84. The molecule has 0 N–H and O–H groups in total. The van der Waals surface area contributed by atoms with Gasteiger partial charge >= 0.3 is 0 Å². The van der Waals surface area contributed by atoms with Crippen LogP contribution in [-0.2, 0) is 13.0 Å².